The van der Waals surface area contributed by atoms with Crippen LogP contribution < -0.4 is 4.74 Å². The van der Waals surface area contributed by atoms with Gasteiger partial charge in [0, 0.05) is 29.7 Å². The van der Waals surface area contributed by atoms with Crippen LogP contribution in [0.5, 0.6) is 5.75 Å². The Labute approximate surface area is 176 Å². The number of aliphatic carboxylic acids is 1. The maximum absolute atomic E-state index is 11.6. The van der Waals surface area contributed by atoms with Crippen molar-refractivity contribution < 1.29 is 14.6 Å². The number of carboxylic acids is 1. The van der Waals surface area contributed by atoms with E-state index in [4.69, 9.17) is 39.5 Å². The number of ether oxygens (including phenoxy) is 1. The molecule has 0 radical (unpaired) electrons. The molecule has 0 aliphatic rings. The minimum absolute atomic E-state index is 0.0436. The maximum Gasteiger partial charge on any atom is 0.336 e. The summed E-state index contributed by atoms with van der Waals surface area (Å²) in [6.45, 7) is 0.182. The van der Waals surface area contributed by atoms with Gasteiger partial charge in [-0.15, -0.1) is 0 Å². The maximum atomic E-state index is 11.6. The fourth-order valence-corrected chi connectivity index (χ4v) is 3.09. The quantitative estimate of drug-likeness (QED) is 0.400. The van der Waals surface area contributed by atoms with Gasteiger partial charge >= 0.3 is 5.97 Å². The second-order valence-corrected chi connectivity index (χ2v) is 6.82. The molecule has 0 fully saturated rings. The fraction of sp³-hybridized carbons (Fsp3) is 0.0500. The van der Waals surface area contributed by atoms with Crippen LogP contribution in [-0.4, -0.2) is 21.0 Å². The van der Waals surface area contributed by atoms with Crippen molar-refractivity contribution in [2.45, 2.75) is 6.61 Å². The van der Waals surface area contributed by atoms with E-state index in [2.05, 4.69) is 9.97 Å². The van der Waals surface area contributed by atoms with Gasteiger partial charge in [0.15, 0.2) is 0 Å². The van der Waals surface area contributed by atoms with E-state index in [1.807, 2.05) is 0 Å². The lowest BCUT2D eigenvalue weighted by atomic mass is 10.0. The van der Waals surface area contributed by atoms with Gasteiger partial charge < -0.3 is 9.84 Å². The second kappa shape index (κ2) is 9.06. The number of carbonyl (C=O) groups is 1. The van der Waals surface area contributed by atoms with Gasteiger partial charge in [0.25, 0.3) is 0 Å². The van der Waals surface area contributed by atoms with E-state index in [-0.39, 0.29) is 17.3 Å². The molecule has 2 aromatic heterocycles. The summed E-state index contributed by atoms with van der Waals surface area (Å²) in [5, 5.41) is 10.5. The highest BCUT2D eigenvalue weighted by molar-refractivity contribution is 6.35. The van der Waals surface area contributed by atoms with Gasteiger partial charge in [0.2, 0.25) is 0 Å². The van der Waals surface area contributed by atoms with Crippen molar-refractivity contribution in [3.8, 4) is 5.75 Å². The first-order valence-electron chi connectivity index (χ1n) is 8.02. The molecule has 8 heteroatoms. The first kappa shape index (κ1) is 20.1. The lowest BCUT2D eigenvalue weighted by molar-refractivity contribution is -0.130. The lowest BCUT2D eigenvalue weighted by Gasteiger charge is -2.09. The van der Waals surface area contributed by atoms with Gasteiger partial charge in [-0.05, 0) is 35.9 Å². The molecule has 0 bridgehead atoms. The molecule has 3 rings (SSSR count). The van der Waals surface area contributed by atoms with Crippen LogP contribution in [0.4, 0.5) is 0 Å². The first-order valence-corrected chi connectivity index (χ1v) is 9.15. The Morgan fingerprint density at radius 3 is 2.36 bits per heavy atom. The van der Waals surface area contributed by atoms with E-state index in [9.17, 15) is 9.90 Å². The van der Waals surface area contributed by atoms with E-state index in [1.165, 1.54) is 24.7 Å². The zero-order valence-corrected chi connectivity index (χ0v) is 16.5. The van der Waals surface area contributed by atoms with Crippen LogP contribution in [0.3, 0.4) is 0 Å². The normalized spacial score (nSPS) is 11.3. The van der Waals surface area contributed by atoms with Crippen LogP contribution in [0, 0.1) is 0 Å². The Balaban J connectivity index is 1.79. The number of pyridine rings is 2. The predicted molar refractivity (Wildman–Crippen MR) is 110 cm³/mol. The third-order valence-electron chi connectivity index (χ3n) is 3.81. The zero-order valence-electron chi connectivity index (χ0n) is 14.3. The highest BCUT2D eigenvalue weighted by atomic mass is 35.5. The highest BCUT2D eigenvalue weighted by Crippen LogP contribution is 2.27. The molecule has 28 heavy (non-hydrogen) atoms. The Kier molecular flexibility index (Phi) is 6.52. The van der Waals surface area contributed by atoms with Crippen LogP contribution in [0.2, 0.25) is 15.2 Å². The number of rotatable bonds is 6. The number of hydrogen-bond donors (Lipinski definition) is 1. The minimum Gasteiger partial charge on any atom is -0.489 e. The van der Waals surface area contributed by atoms with Crippen LogP contribution in [-0.2, 0) is 11.4 Å². The Morgan fingerprint density at radius 2 is 1.75 bits per heavy atom. The Bertz CT molecular complexity index is 1020. The topological polar surface area (TPSA) is 72.3 Å². The highest BCUT2D eigenvalue weighted by Gasteiger charge is 2.14. The summed E-state index contributed by atoms with van der Waals surface area (Å²) in [6, 6.07) is 10.1. The number of nitrogens with zero attached hydrogens (tertiary/aromatic N) is 2. The molecule has 2 heterocycles. The average molecular weight is 436 g/mol. The van der Waals surface area contributed by atoms with Crippen LogP contribution in [0.25, 0.3) is 11.6 Å². The average Bonchev–Trinajstić information content (AvgIpc) is 2.67. The second-order valence-electron chi connectivity index (χ2n) is 5.64. The van der Waals surface area contributed by atoms with Gasteiger partial charge in [0.05, 0.1) is 15.6 Å². The summed E-state index contributed by atoms with van der Waals surface area (Å²) in [4.78, 5) is 19.5. The molecule has 0 saturated heterocycles. The number of benzene rings is 1. The molecule has 0 amide bonds. The SMILES string of the molecule is O=C(O)/C(=C/c1ccc(OCc2c(Cl)cncc2Cl)cc1)c1cccnc1Cl. The number of hydrogen-bond acceptors (Lipinski definition) is 4. The Hall–Kier alpha value is -2.60. The number of aromatic nitrogens is 2. The Morgan fingerprint density at radius 1 is 1.07 bits per heavy atom. The summed E-state index contributed by atoms with van der Waals surface area (Å²) in [6.07, 6.45) is 6.01. The molecular weight excluding hydrogens is 423 g/mol. The van der Waals surface area contributed by atoms with E-state index < -0.39 is 5.97 Å². The van der Waals surface area contributed by atoms with Crippen molar-refractivity contribution in [1.82, 2.24) is 9.97 Å². The zero-order chi connectivity index (χ0) is 20.1. The fourth-order valence-electron chi connectivity index (χ4n) is 2.40. The van der Waals surface area contributed by atoms with Gasteiger partial charge in [0.1, 0.15) is 17.5 Å². The van der Waals surface area contributed by atoms with E-state index in [0.717, 1.165) is 0 Å². The summed E-state index contributed by atoms with van der Waals surface area (Å²) in [5.74, 6) is -0.519. The number of carboxylic acid groups (broad SMARTS) is 1. The third kappa shape index (κ3) is 4.81. The summed E-state index contributed by atoms with van der Waals surface area (Å²) in [7, 11) is 0. The van der Waals surface area contributed by atoms with Crippen LogP contribution in [0.15, 0.2) is 55.0 Å². The monoisotopic (exact) mass is 434 g/mol. The van der Waals surface area contributed by atoms with Gasteiger partial charge in [-0.2, -0.15) is 0 Å². The molecule has 0 spiro atoms. The summed E-state index contributed by atoms with van der Waals surface area (Å²) >= 11 is 18.2. The molecule has 0 unspecified atom stereocenters. The largest absolute Gasteiger partial charge is 0.489 e. The van der Waals surface area contributed by atoms with Crippen molar-refractivity contribution in [3.05, 3.63) is 86.9 Å². The lowest BCUT2D eigenvalue weighted by Crippen LogP contribution is -2.01. The van der Waals surface area contributed by atoms with Gasteiger partial charge in [-0.3, -0.25) is 4.98 Å². The molecule has 142 valence electrons. The molecule has 1 aromatic carbocycles. The third-order valence-corrected chi connectivity index (χ3v) is 4.76. The van der Waals surface area contributed by atoms with Crippen molar-refractivity contribution in [3.63, 3.8) is 0 Å². The summed E-state index contributed by atoms with van der Waals surface area (Å²) in [5.41, 5.74) is 1.70. The van der Waals surface area contributed by atoms with Crippen molar-refractivity contribution in [1.29, 1.82) is 0 Å². The molecular formula is C20H13Cl3N2O3. The van der Waals surface area contributed by atoms with Crippen molar-refractivity contribution in [2.24, 2.45) is 0 Å². The predicted octanol–water partition coefficient (Wildman–Crippen LogP) is 5.64. The molecule has 1 N–H and O–H groups in total. The molecule has 0 aliphatic carbocycles. The molecule has 0 atom stereocenters. The minimum atomic E-state index is -1.10. The van der Waals surface area contributed by atoms with E-state index >= 15 is 0 Å². The first-order chi connectivity index (χ1) is 13.5. The molecule has 0 saturated carbocycles. The smallest absolute Gasteiger partial charge is 0.336 e. The van der Waals surface area contributed by atoms with Crippen molar-refractivity contribution in [2.75, 3.05) is 0 Å². The van der Waals surface area contributed by atoms with Gasteiger partial charge in [-0.1, -0.05) is 46.9 Å². The molecule has 5 nitrogen and oxygen atoms in total. The number of halogens is 3. The van der Waals surface area contributed by atoms with Crippen LogP contribution in [0.1, 0.15) is 16.7 Å². The van der Waals surface area contributed by atoms with Crippen molar-refractivity contribution >= 4 is 52.4 Å². The van der Waals surface area contributed by atoms with Gasteiger partial charge in [-0.25, -0.2) is 9.78 Å². The standard InChI is InChI=1S/C20H13Cl3N2O3/c21-17-9-24-10-18(22)16(17)11-28-13-5-3-12(4-6-13)8-15(20(26)27)14-2-1-7-25-19(14)23/h1-10H,11H2,(H,26,27)/b15-8+. The molecule has 0 aliphatic heterocycles. The van der Waals surface area contributed by atoms with E-state index in [0.29, 0.717) is 32.5 Å². The molecule has 3 aromatic rings. The van der Waals surface area contributed by atoms with E-state index in [1.54, 1.807) is 36.4 Å². The summed E-state index contributed by atoms with van der Waals surface area (Å²) < 4.78 is 5.70. The van der Waals surface area contributed by atoms with Crippen LogP contribution >= 0.6 is 34.8 Å².